The quantitative estimate of drug-likeness (QED) is 0.825. The van der Waals surface area contributed by atoms with Crippen LogP contribution in [0.5, 0.6) is 0 Å². The average Bonchev–Trinajstić information content (AvgIpc) is 2.31. The van der Waals surface area contributed by atoms with Crippen molar-refractivity contribution in [2.45, 2.75) is 13.5 Å². The van der Waals surface area contributed by atoms with Crippen molar-refractivity contribution in [2.24, 2.45) is 0 Å². The van der Waals surface area contributed by atoms with E-state index in [1.807, 2.05) is 0 Å². The van der Waals surface area contributed by atoms with Gasteiger partial charge in [0.15, 0.2) is 0 Å². The fourth-order valence-electron chi connectivity index (χ4n) is 0.690. The minimum absolute atomic E-state index is 0.981. The first kappa shape index (κ1) is 8.24. The summed E-state index contributed by atoms with van der Waals surface area (Å²) in [7, 11) is 0. The number of thiophene rings is 1. The fraction of sp³-hybridized carbons (Fsp3) is 0.429. The number of halogens is 1. The summed E-state index contributed by atoms with van der Waals surface area (Å²) in [4.78, 5) is 1.38. The molecule has 1 aromatic heterocycles. The Kier molecular flexibility index (Phi) is 3.39. The van der Waals surface area contributed by atoms with E-state index in [4.69, 9.17) is 0 Å². The van der Waals surface area contributed by atoms with Gasteiger partial charge >= 0.3 is 0 Å². The second-order valence-corrected chi connectivity index (χ2v) is 3.83. The Morgan fingerprint density at radius 1 is 1.70 bits per heavy atom. The first-order valence-electron chi connectivity index (χ1n) is 3.27. The molecule has 0 aliphatic carbocycles. The third-order valence-corrected chi connectivity index (χ3v) is 3.15. The highest BCUT2D eigenvalue weighted by atomic mass is 79.9. The normalized spacial score (nSPS) is 10.2. The third-order valence-electron chi connectivity index (χ3n) is 1.23. The number of hydrogen-bond acceptors (Lipinski definition) is 2. The molecular weight excluding hydrogens is 210 g/mol. The van der Waals surface area contributed by atoms with Gasteiger partial charge in [-0.2, -0.15) is 0 Å². The van der Waals surface area contributed by atoms with Crippen LogP contribution in [0.15, 0.2) is 15.9 Å². The zero-order valence-corrected chi connectivity index (χ0v) is 8.26. The molecule has 0 aliphatic heterocycles. The third kappa shape index (κ3) is 2.08. The molecule has 0 unspecified atom stereocenters. The van der Waals surface area contributed by atoms with Crippen LogP contribution in [0.25, 0.3) is 0 Å². The van der Waals surface area contributed by atoms with Crippen LogP contribution in [0.1, 0.15) is 11.8 Å². The lowest BCUT2D eigenvalue weighted by Gasteiger charge is -1.97. The van der Waals surface area contributed by atoms with Gasteiger partial charge in [-0.05, 0) is 33.9 Å². The molecule has 1 aromatic rings. The maximum atomic E-state index is 3.47. The summed E-state index contributed by atoms with van der Waals surface area (Å²) in [6.45, 7) is 4.13. The van der Waals surface area contributed by atoms with E-state index in [-0.39, 0.29) is 0 Å². The molecule has 0 aromatic carbocycles. The fourth-order valence-corrected chi connectivity index (χ4v) is 2.15. The van der Waals surface area contributed by atoms with Crippen molar-refractivity contribution in [2.75, 3.05) is 6.54 Å². The summed E-state index contributed by atoms with van der Waals surface area (Å²) in [6, 6.07) is 2.08. The van der Waals surface area contributed by atoms with Crippen molar-refractivity contribution in [3.05, 3.63) is 20.8 Å². The van der Waals surface area contributed by atoms with Crippen molar-refractivity contribution >= 4 is 27.3 Å². The van der Waals surface area contributed by atoms with Crippen molar-refractivity contribution < 1.29 is 0 Å². The van der Waals surface area contributed by atoms with Crippen LogP contribution in [-0.2, 0) is 6.54 Å². The zero-order valence-electron chi connectivity index (χ0n) is 5.86. The molecule has 0 radical (unpaired) electrons. The molecule has 0 spiro atoms. The molecule has 0 bridgehead atoms. The second-order valence-electron chi connectivity index (χ2n) is 1.97. The highest BCUT2D eigenvalue weighted by molar-refractivity contribution is 9.10. The molecule has 0 aliphatic rings. The van der Waals surface area contributed by atoms with Gasteiger partial charge in [0.05, 0.1) is 0 Å². The van der Waals surface area contributed by atoms with Crippen LogP contribution in [0.2, 0.25) is 0 Å². The largest absolute Gasteiger partial charge is 0.312 e. The molecule has 0 fully saturated rings. The number of nitrogens with one attached hydrogen (secondary N) is 1. The predicted molar refractivity (Wildman–Crippen MR) is 49.4 cm³/mol. The van der Waals surface area contributed by atoms with Crippen molar-refractivity contribution in [1.82, 2.24) is 5.32 Å². The highest BCUT2D eigenvalue weighted by Crippen LogP contribution is 2.21. The van der Waals surface area contributed by atoms with Crippen molar-refractivity contribution in [3.63, 3.8) is 0 Å². The minimum atomic E-state index is 0.981. The Hall–Kier alpha value is 0.140. The van der Waals surface area contributed by atoms with E-state index in [0.717, 1.165) is 13.1 Å². The van der Waals surface area contributed by atoms with E-state index in [1.54, 1.807) is 11.3 Å². The summed E-state index contributed by atoms with van der Waals surface area (Å²) >= 11 is 5.25. The van der Waals surface area contributed by atoms with Gasteiger partial charge in [-0.15, -0.1) is 11.3 Å². The Bertz CT molecular complexity index is 197. The van der Waals surface area contributed by atoms with E-state index in [9.17, 15) is 0 Å². The monoisotopic (exact) mass is 219 g/mol. The summed E-state index contributed by atoms with van der Waals surface area (Å²) in [5.41, 5.74) is 0. The van der Waals surface area contributed by atoms with Gasteiger partial charge < -0.3 is 5.32 Å². The van der Waals surface area contributed by atoms with Gasteiger partial charge in [-0.3, -0.25) is 0 Å². The first-order chi connectivity index (χ1) is 4.84. The van der Waals surface area contributed by atoms with Crippen LogP contribution in [0, 0.1) is 0 Å². The summed E-state index contributed by atoms with van der Waals surface area (Å²) in [5, 5.41) is 5.37. The second kappa shape index (κ2) is 4.11. The van der Waals surface area contributed by atoms with E-state index in [2.05, 4.69) is 39.6 Å². The molecule has 56 valence electrons. The van der Waals surface area contributed by atoms with Gasteiger partial charge in [-0.1, -0.05) is 6.92 Å². The van der Waals surface area contributed by atoms with Gasteiger partial charge in [0, 0.05) is 15.9 Å². The average molecular weight is 220 g/mol. The molecule has 0 saturated heterocycles. The predicted octanol–water partition coefficient (Wildman–Crippen LogP) is 2.62. The highest BCUT2D eigenvalue weighted by Gasteiger charge is 1.97. The Balaban J connectivity index is 2.49. The molecule has 1 nitrogen and oxygen atoms in total. The molecule has 10 heavy (non-hydrogen) atoms. The summed E-state index contributed by atoms with van der Waals surface area (Å²) < 4.78 is 1.22. The van der Waals surface area contributed by atoms with Crippen LogP contribution >= 0.6 is 27.3 Å². The molecule has 0 amide bonds. The summed E-state index contributed by atoms with van der Waals surface area (Å²) in [5.74, 6) is 0. The molecule has 1 N–H and O–H groups in total. The van der Waals surface area contributed by atoms with Gasteiger partial charge in [0.2, 0.25) is 0 Å². The molecule has 0 saturated carbocycles. The first-order valence-corrected chi connectivity index (χ1v) is 4.94. The van der Waals surface area contributed by atoms with Gasteiger partial charge in [0.1, 0.15) is 0 Å². The lowest BCUT2D eigenvalue weighted by Crippen LogP contribution is -2.10. The van der Waals surface area contributed by atoms with Crippen molar-refractivity contribution in [1.29, 1.82) is 0 Å². The minimum Gasteiger partial charge on any atom is -0.312 e. The summed E-state index contributed by atoms with van der Waals surface area (Å²) in [6.07, 6.45) is 0. The van der Waals surface area contributed by atoms with Crippen molar-refractivity contribution in [3.8, 4) is 0 Å². The Morgan fingerprint density at radius 3 is 3.00 bits per heavy atom. The topological polar surface area (TPSA) is 12.0 Å². The number of hydrogen-bond donors (Lipinski definition) is 1. The number of rotatable bonds is 3. The molecular formula is C7H10BrNS. The smallest absolute Gasteiger partial charge is 0.0327 e. The Labute approximate surface area is 73.6 Å². The molecule has 1 heterocycles. The Morgan fingerprint density at radius 2 is 2.50 bits per heavy atom. The van der Waals surface area contributed by atoms with E-state index >= 15 is 0 Å². The maximum Gasteiger partial charge on any atom is 0.0327 e. The van der Waals surface area contributed by atoms with E-state index in [0.29, 0.717) is 0 Å². The zero-order chi connectivity index (χ0) is 7.40. The lowest BCUT2D eigenvalue weighted by atomic mass is 10.4. The SMILES string of the molecule is CCNCc1sccc1Br. The molecule has 0 atom stereocenters. The van der Waals surface area contributed by atoms with Crippen LogP contribution in [0.3, 0.4) is 0 Å². The standard InChI is InChI=1S/C7H10BrNS/c1-2-9-5-7-6(8)3-4-10-7/h3-4,9H,2,5H2,1H3. The van der Waals surface area contributed by atoms with Gasteiger partial charge in [-0.25, -0.2) is 0 Å². The van der Waals surface area contributed by atoms with E-state index < -0.39 is 0 Å². The van der Waals surface area contributed by atoms with Crippen LogP contribution < -0.4 is 5.32 Å². The van der Waals surface area contributed by atoms with Gasteiger partial charge in [0.25, 0.3) is 0 Å². The molecule has 1 rings (SSSR count). The molecule has 3 heteroatoms. The lowest BCUT2D eigenvalue weighted by molar-refractivity contribution is 0.734. The van der Waals surface area contributed by atoms with E-state index in [1.165, 1.54) is 9.35 Å². The van der Waals surface area contributed by atoms with Crippen LogP contribution in [0.4, 0.5) is 0 Å². The maximum absolute atomic E-state index is 3.47. The van der Waals surface area contributed by atoms with Crippen LogP contribution in [-0.4, -0.2) is 6.54 Å².